The Morgan fingerprint density at radius 3 is 2.63 bits per heavy atom. The Kier molecular flexibility index (Phi) is 8.65. The summed E-state index contributed by atoms with van der Waals surface area (Å²) in [7, 11) is -3.41. The third kappa shape index (κ3) is 7.15. The van der Waals surface area contributed by atoms with Crippen molar-refractivity contribution in [1.82, 2.24) is 0 Å². The van der Waals surface area contributed by atoms with E-state index in [-0.39, 0.29) is 45.9 Å². The van der Waals surface area contributed by atoms with Gasteiger partial charge in [0.1, 0.15) is 0 Å². The second-order valence-electron chi connectivity index (χ2n) is 3.69. The van der Waals surface area contributed by atoms with E-state index in [1.807, 2.05) is 6.07 Å². The molecule has 5 nitrogen and oxygen atoms in total. The van der Waals surface area contributed by atoms with Crippen LogP contribution >= 0.6 is 0 Å². The molecule has 1 aromatic carbocycles. The summed E-state index contributed by atoms with van der Waals surface area (Å²) in [6, 6.07) is 7.16. The zero-order valence-electron chi connectivity index (χ0n) is 10.7. The topological polar surface area (TPSA) is 63.7 Å². The van der Waals surface area contributed by atoms with Gasteiger partial charge in [-0.15, -0.1) is 24.4 Å². The van der Waals surface area contributed by atoms with E-state index in [1.165, 1.54) is 4.90 Å². The molecule has 7 heteroatoms. The molecule has 0 unspecified atom stereocenters. The van der Waals surface area contributed by atoms with Gasteiger partial charge in [-0.3, -0.25) is 4.18 Å². The molecule has 0 heterocycles. The number of benzene rings is 1. The number of rotatable bonds is 7. The van der Waals surface area contributed by atoms with Gasteiger partial charge in [-0.2, -0.15) is 8.42 Å². The summed E-state index contributed by atoms with van der Waals surface area (Å²) in [5.74, 6) is 0. The molecule has 0 aromatic heterocycles. The van der Waals surface area contributed by atoms with Gasteiger partial charge in [-0.05, 0) is 6.42 Å². The Morgan fingerprint density at radius 1 is 1.42 bits per heavy atom. The van der Waals surface area contributed by atoms with Gasteiger partial charge in [0.05, 0.1) is 19.3 Å². The van der Waals surface area contributed by atoms with E-state index in [1.54, 1.807) is 24.6 Å². The maximum Gasteiger partial charge on any atom is 0.264 e. The Hall–Kier alpha value is -0.296. The molecule has 103 valence electrons. The first-order chi connectivity index (χ1) is 8.46. The monoisotopic (exact) mass is 358 g/mol. The molecule has 0 saturated heterocycles. The number of amides is 1. The van der Waals surface area contributed by atoms with Crippen LogP contribution in [-0.2, 0) is 58.2 Å². The summed E-state index contributed by atoms with van der Waals surface area (Å²) in [6.45, 7) is 3.98. The van der Waals surface area contributed by atoms with E-state index < -0.39 is 10.1 Å². The van der Waals surface area contributed by atoms with Crippen LogP contribution < -0.4 is 4.90 Å². The van der Waals surface area contributed by atoms with Crippen LogP contribution in [0.5, 0.6) is 0 Å². The average molecular weight is 358 g/mol. The summed E-state index contributed by atoms with van der Waals surface area (Å²) in [6.07, 6.45) is 3.23. The van der Waals surface area contributed by atoms with Crippen molar-refractivity contribution < 1.29 is 50.1 Å². The normalized spacial score (nSPS) is 10.6. The molecule has 0 aliphatic carbocycles. The zero-order chi connectivity index (χ0) is 13.6. The van der Waals surface area contributed by atoms with Gasteiger partial charge in [0, 0.05) is 32.7 Å². The van der Waals surface area contributed by atoms with E-state index in [2.05, 4.69) is 11.1 Å². The molecule has 0 N–H and O–H groups in total. The van der Waals surface area contributed by atoms with Crippen molar-refractivity contribution >= 4 is 22.2 Å². The summed E-state index contributed by atoms with van der Waals surface area (Å²) < 4.78 is 26.3. The van der Waals surface area contributed by atoms with E-state index >= 15 is 0 Å². The van der Waals surface area contributed by atoms with Gasteiger partial charge in [0.15, 0.2) is 0 Å². The van der Waals surface area contributed by atoms with Crippen LogP contribution in [0.2, 0.25) is 0 Å². The van der Waals surface area contributed by atoms with Gasteiger partial charge in [0.2, 0.25) is 0 Å². The van der Waals surface area contributed by atoms with Gasteiger partial charge in [0.25, 0.3) is 10.1 Å². The number of hydrogen-bond acceptors (Lipinski definition) is 4. The summed E-state index contributed by atoms with van der Waals surface area (Å²) in [5.41, 5.74) is 1.56. The Bertz CT molecular complexity index is 504. The molecular formula is C12H15NO4SY-2. The number of anilines is 1. The fraction of sp³-hybridized carbons (Fsp3) is 0.333. The molecule has 1 rings (SSSR count). The van der Waals surface area contributed by atoms with Crippen LogP contribution in [0.3, 0.4) is 0 Å². The van der Waals surface area contributed by atoms with Crippen molar-refractivity contribution in [3.8, 4) is 0 Å². The maximum absolute atomic E-state index is 10.8. The molecule has 0 spiro atoms. The van der Waals surface area contributed by atoms with Crippen molar-refractivity contribution in [1.29, 1.82) is 0 Å². The third-order valence-corrected chi connectivity index (χ3v) is 2.84. The minimum Gasteiger partial charge on any atom is -0.503 e. The average Bonchev–Trinajstić information content (AvgIpc) is 2.29. The Balaban J connectivity index is 0.00000324. The van der Waals surface area contributed by atoms with Crippen molar-refractivity contribution in [2.75, 3.05) is 24.3 Å². The SMILES string of the molecule is [CH2-]CN([C-]=O)c1cccc(CCOS(C)(=O)=O)c1.[Y]. The quantitative estimate of drug-likeness (QED) is 0.413. The molecule has 0 atom stereocenters. The predicted molar refractivity (Wildman–Crippen MR) is 69.3 cm³/mol. The van der Waals surface area contributed by atoms with Gasteiger partial charge >= 0.3 is 0 Å². The molecule has 1 amide bonds. The molecule has 0 bridgehead atoms. The second kappa shape index (κ2) is 8.79. The summed E-state index contributed by atoms with van der Waals surface area (Å²) >= 11 is 0. The molecule has 1 aromatic rings. The van der Waals surface area contributed by atoms with Crippen molar-refractivity contribution in [3.63, 3.8) is 0 Å². The first-order valence-electron chi connectivity index (χ1n) is 5.34. The number of hydrogen-bond donors (Lipinski definition) is 0. The molecule has 0 fully saturated rings. The second-order valence-corrected chi connectivity index (χ2v) is 5.33. The van der Waals surface area contributed by atoms with Crippen LogP contribution in [0.4, 0.5) is 5.69 Å². The molecule has 0 aliphatic rings. The van der Waals surface area contributed by atoms with Crippen molar-refractivity contribution in [3.05, 3.63) is 36.8 Å². The molecule has 0 aliphatic heterocycles. The van der Waals surface area contributed by atoms with Crippen molar-refractivity contribution in [2.45, 2.75) is 6.42 Å². The van der Waals surface area contributed by atoms with Gasteiger partial charge < -0.3 is 16.6 Å². The van der Waals surface area contributed by atoms with Crippen LogP contribution in [-0.4, -0.2) is 34.2 Å². The molecule has 0 saturated carbocycles. The Morgan fingerprint density at radius 2 is 2.11 bits per heavy atom. The minimum absolute atomic E-state index is 0. The molecule has 1 radical (unpaired) electrons. The number of nitrogens with zero attached hydrogens (tertiary/aromatic N) is 1. The molecular weight excluding hydrogens is 343 g/mol. The van der Waals surface area contributed by atoms with Crippen LogP contribution in [0, 0.1) is 6.92 Å². The summed E-state index contributed by atoms with van der Waals surface area (Å²) in [5, 5.41) is 0. The predicted octanol–water partition coefficient (Wildman–Crippen LogP) is 0.910. The van der Waals surface area contributed by atoms with Gasteiger partial charge in [-0.25, -0.2) is 0 Å². The first kappa shape index (κ1) is 18.7. The Labute approximate surface area is 139 Å². The van der Waals surface area contributed by atoms with E-state index in [0.717, 1.165) is 11.8 Å². The van der Waals surface area contributed by atoms with Crippen LogP contribution in [0.25, 0.3) is 0 Å². The first-order valence-corrected chi connectivity index (χ1v) is 7.16. The standard InChI is InChI=1S/C12H15NO4S.Y/c1-3-13(10-14)12-6-4-5-11(9-12)7-8-17-18(2,15)16;/h4-6,9H,1,3,7-8H2,2H3;/q-2;. The van der Waals surface area contributed by atoms with Crippen LogP contribution in [0.15, 0.2) is 24.3 Å². The fourth-order valence-electron chi connectivity index (χ4n) is 1.42. The van der Waals surface area contributed by atoms with Gasteiger partial charge in [-0.1, -0.05) is 17.7 Å². The fourth-order valence-corrected chi connectivity index (χ4v) is 1.80. The number of carbonyl (C=O) groups excluding carboxylic acids is 1. The summed E-state index contributed by atoms with van der Waals surface area (Å²) in [4.78, 5) is 12.0. The smallest absolute Gasteiger partial charge is 0.264 e. The molecule has 19 heavy (non-hydrogen) atoms. The van der Waals surface area contributed by atoms with E-state index in [4.69, 9.17) is 0 Å². The third-order valence-electron chi connectivity index (χ3n) is 2.24. The van der Waals surface area contributed by atoms with E-state index in [0.29, 0.717) is 12.1 Å². The largest absolute Gasteiger partial charge is 0.503 e. The minimum atomic E-state index is -3.41. The zero-order valence-corrected chi connectivity index (χ0v) is 14.4. The van der Waals surface area contributed by atoms with Crippen molar-refractivity contribution in [2.24, 2.45) is 0 Å². The van der Waals surface area contributed by atoms with E-state index in [9.17, 15) is 13.2 Å². The maximum atomic E-state index is 10.8. The van der Waals surface area contributed by atoms with Crippen LogP contribution in [0.1, 0.15) is 5.56 Å².